The van der Waals surface area contributed by atoms with Gasteiger partial charge in [0.05, 0.1) is 12.1 Å². The Morgan fingerprint density at radius 2 is 2.00 bits per heavy atom. The van der Waals surface area contributed by atoms with Crippen LogP contribution in [0.1, 0.15) is 33.1 Å². The molecule has 0 aliphatic heterocycles. The highest BCUT2D eigenvalue weighted by molar-refractivity contribution is 5.85. The lowest BCUT2D eigenvalue weighted by atomic mass is 10.1. The summed E-state index contributed by atoms with van der Waals surface area (Å²) >= 11 is 0. The van der Waals surface area contributed by atoms with Crippen molar-refractivity contribution in [2.24, 2.45) is 0 Å². The number of methoxy groups -OCH3 is 1. The summed E-state index contributed by atoms with van der Waals surface area (Å²) < 4.78 is 5.24. The van der Waals surface area contributed by atoms with Gasteiger partial charge in [0, 0.05) is 7.11 Å². The summed E-state index contributed by atoms with van der Waals surface area (Å²) in [5.41, 5.74) is -1.27. The topological polar surface area (TPSA) is 87.7 Å². The lowest BCUT2D eigenvalue weighted by molar-refractivity contribution is -0.142. The van der Waals surface area contributed by atoms with E-state index in [-0.39, 0.29) is 12.1 Å². The third-order valence-corrected chi connectivity index (χ3v) is 3.03. The minimum Gasteiger partial charge on any atom is -0.480 e. The van der Waals surface area contributed by atoms with E-state index in [1.165, 1.54) is 13.8 Å². The molecule has 2 atom stereocenters. The Morgan fingerprint density at radius 3 is 2.53 bits per heavy atom. The summed E-state index contributed by atoms with van der Waals surface area (Å²) in [7, 11) is 1.61. The van der Waals surface area contributed by atoms with Gasteiger partial charge in [-0.25, -0.2) is 9.59 Å². The van der Waals surface area contributed by atoms with E-state index in [0.29, 0.717) is 0 Å². The van der Waals surface area contributed by atoms with E-state index in [9.17, 15) is 9.59 Å². The zero-order valence-corrected chi connectivity index (χ0v) is 10.4. The lowest BCUT2D eigenvalue weighted by Crippen LogP contribution is -2.55. The van der Waals surface area contributed by atoms with Crippen LogP contribution in [0.15, 0.2) is 0 Å². The van der Waals surface area contributed by atoms with Gasteiger partial charge < -0.3 is 20.5 Å². The summed E-state index contributed by atoms with van der Waals surface area (Å²) in [5, 5.41) is 14.1. The molecule has 17 heavy (non-hydrogen) atoms. The van der Waals surface area contributed by atoms with Gasteiger partial charge in [-0.2, -0.15) is 0 Å². The molecule has 2 unspecified atom stereocenters. The Bertz CT molecular complexity index is 304. The van der Waals surface area contributed by atoms with Crippen molar-refractivity contribution in [2.45, 2.75) is 50.8 Å². The standard InChI is InChI=1S/C11H20N2O4/c1-11(2,9(14)15)13-10(16)12-7-5-4-6-8(7)17-3/h7-8H,4-6H2,1-3H3,(H,14,15)(H2,12,13,16). The number of hydrogen-bond acceptors (Lipinski definition) is 3. The molecule has 1 aliphatic carbocycles. The van der Waals surface area contributed by atoms with E-state index >= 15 is 0 Å². The summed E-state index contributed by atoms with van der Waals surface area (Å²) in [6, 6.07) is -0.504. The number of carboxylic acids is 1. The van der Waals surface area contributed by atoms with E-state index in [4.69, 9.17) is 9.84 Å². The smallest absolute Gasteiger partial charge is 0.328 e. The molecule has 0 spiro atoms. The van der Waals surface area contributed by atoms with E-state index in [1.54, 1.807) is 7.11 Å². The van der Waals surface area contributed by atoms with E-state index in [1.807, 2.05) is 0 Å². The average Bonchev–Trinajstić information content (AvgIpc) is 2.63. The van der Waals surface area contributed by atoms with Gasteiger partial charge in [0.1, 0.15) is 5.54 Å². The third-order valence-electron chi connectivity index (χ3n) is 3.03. The van der Waals surface area contributed by atoms with Gasteiger partial charge in [-0.3, -0.25) is 0 Å². The maximum Gasteiger partial charge on any atom is 0.328 e. The van der Waals surface area contributed by atoms with Crippen LogP contribution in [0.4, 0.5) is 4.79 Å². The van der Waals surface area contributed by atoms with Gasteiger partial charge in [-0.05, 0) is 33.1 Å². The summed E-state index contributed by atoms with van der Waals surface area (Å²) in [6.07, 6.45) is 2.81. The van der Waals surface area contributed by atoms with Gasteiger partial charge in [0.25, 0.3) is 0 Å². The number of carbonyl (C=O) groups excluding carboxylic acids is 1. The highest BCUT2D eigenvalue weighted by atomic mass is 16.5. The predicted octanol–water partition coefficient (Wildman–Crippen LogP) is 0.716. The molecule has 6 heteroatoms. The molecule has 0 radical (unpaired) electrons. The van der Waals surface area contributed by atoms with E-state index in [2.05, 4.69) is 10.6 Å². The summed E-state index contributed by atoms with van der Waals surface area (Å²) in [4.78, 5) is 22.5. The summed E-state index contributed by atoms with van der Waals surface area (Å²) in [5.74, 6) is -1.07. The minimum atomic E-state index is -1.27. The number of urea groups is 1. The Kier molecular flexibility index (Phi) is 4.34. The molecule has 1 aliphatic rings. The lowest BCUT2D eigenvalue weighted by Gasteiger charge is -2.25. The number of carboxylic acid groups (broad SMARTS) is 1. The number of hydrogen-bond donors (Lipinski definition) is 3. The number of amides is 2. The molecule has 2 amide bonds. The first-order valence-electron chi connectivity index (χ1n) is 5.71. The van der Waals surface area contributed by atoms with Gasteiger partial charge in [-0.1, -0.05) is 0 Å². The van der Waals surface area contributed by atoms with E-state index < -0.39 is 17.5 Å². The van der Waals surface area contributed by atoms with Crippen molar-refractivity contribution in [3.8, 4) is 0 Å². The fourth-order valence-electron chi connectivity index (χ4n) is 1.92. The fourth-order valence-corrected chi connectivity index (χ4v) is 1.92. The monoisotopic (exact) mass is 244 g/mol. The molecular weight excluding hydrogens is 224 g/mol. The summed E-state index contributed by atoms with van der Waals surface area (Å²) in [6.45, 7) is 2.88. The van der Waals surface area contributed by atoms with Crippen molar-refractivity contribution in [1.82, 2.24) is 10.6 Å². The SMILES string of the molecule is COC1CCCC1NC(=O)NC(C)(C)C(=O)O. The molecule has 0 aromatic heterocycles. The van der Waals surface area contributed by atoms with Crippen LogP contribution in [-0.2, 0) is 9.53 Å². The quantitative estimate of drug-likeness (QED) is 0.680. The normalized spacial score (nSPS) is 24.4. The first-order valence-corrected chi connectivity index (χ1v) is 5.71. The maximum atomic E-state index is 11.6. The van der Waals surface area contributed by atoms with Crippen molar-refractivity contribution in [1.29, 1.82) is 0 Å². The third kappa shape index (κ3) is 3.59. The number of rotatable bonds is 4. The van der Waals surface area contributed by atoms with Gasteiger partial charge in [0.15, 0.2) is 0 Å². The highest BCUT2D eigenvalue weighted by Gasteiger charge is 2.32. The maximum absolute atomic E-state index is 11.6. The number of ether oxygens (including phenoxy) is 1. The van der Waals surface area contributed by atoms with Crippen LogP contribution in [0.2, 0.25) is 0 Å². The Labute approximate surface area is 101 Å². The Morgan fingerprint density at radius 1 is 1.35 bits per heavy atom. The molecular formula is C11H20N2O4. The molecule has 0 heterocycles. The van der Waals surface area contributed by atoms with Crippen LogP contribution in [0.3, 0.4) is 0 Å². The largest absolute Gasteiger partial charge is 0.480 e. The fraction of sp³-hybridized carbons (Fsp3) is 0.818. The molecule has 0 aromatic carbocycles. The number of carbonyl (C=O) groups is 2. The molecule has 1 fully saturated rings. The first kappa shape index (κ1) is 13.8. The molecule has 1 saturated carbocycles. The molecule has 98 valence electrons. The van der Waals surface area contributed by atoms with Crippen LogP contribution < -0.4 is 10.6 Å². The highest BCUT2D eigenvalue weighted by Crippen LogP contribution is 2.21. The van der Waals surface area contributed by atoms with Gasteiger partial charge in [-0.15, -0.1) is 0 Å². The van der Waals surface area contributed by atoms with Crippen molar-refractivity contribution in [2.75, 3.05) is 7.11 Å². The van der Waals surface area contributed by atoms with Crippen LogP contribution in [-0.4, -0.2) is 41.9 Å². The predicted molar refractivity (Wildman–Crippen MR) is 61.8 cm³/mol. The van der Waals surface area contributed by atoms with Crippen LogP contribution in [0.25, 0.3) is 0 Å². The zero-order chi connectivity index (χ0) is 13.1. The van der Waals surface area contributed by atoms with Crippen molar-refractivity contribution >= 4 is 12.0 Å². The first-order chi connectivity index (χ1) is 7.86. The molecule has 1 rings (SSSR count). The van der Waals surface area contributed by atoms with Crippen LogP contribution >= 0.6 is 0 Å². The zero-order valence-electron chi connectivity index (χ0n) is 10.4. The minimum absolute atomic E-state index is 0.0219. The average molecular weight is 244 g/mol. The van der Waals surface area contributed by atoms with E-state index in [0.717, 1.165) is 19.3 Å². The van der Waals surface area contributed by atoms with Crippen molar-refractivity contribution in [3.63, 3.8) is 0 Å². The number of aliphatic carboxylic acids is 1. The van der Waals surface area contributed by atoms with Gasteiger partial charge in [0.2, 0.25) is 0 Å². The molecule has 0 aromatic rings. The molecule has 0 saturated heterocycles. The Hall–Kier alpha value is -1.30. The molecule has 6 nitrogen and oxygen atoms in total. The van der Waals surface area contributed by atoms with Crippen LogP contribution in [0.5, 0.6) is 0 Å². The van der Waals surface area contributed by atoms with Crippen molar-refractivity contribution in [3.05, 3.63) is 0 Å². The second kappa shape index (κ2) is 5.35. The van der Waals surface area contributed by atoms with Crippen LogP contribution in [0, 0.1) is 0 Å². The number of nitrogens with one attached hydrogen (secondary N) is 2. The second-order valence-electron chi connectivity index (χ2n) is 4.84. The van der Waals surface area contributed by atoms with Crippen molar-refractivity contribution < 1.29 is 19.4 Å². The molecule has 0 bridgehead atoms. The molecule has 3 N–H and O–H groups in total. The van der Waals surface area contributed by atoms with Gasteiger partial charge >= 0.3 is 12.0 Å². The second-order valence-corrected chi connectivity index (χ2v) is 4.84. The Balaban J connectivity index is 2.47.